The third-order valence-corrected chi connectivity index (χ3v) is 4.41. The molecular formula is C16H18ClN3O2. The minimum absolute atomic E-state index is 0.322. The Hall–Kier alpha value is -2.01. The molecule has 0 spiro atoms. The van der Waals surface area contributed by atoms with Crippen LogP contribution in [0.2, 0.25) is 5.02 Å². The molecule has 1 saturated heterocycles. The van der Waals surface area contributed by atoms with E-state index in [0.29, 0.717) is 24.0 Å². The topological polar surface area (TPSA) is 58.4 Å². The molecule has 0 aliphatic carbocycles. The van der Waals surface area contributed by atoms with Gasteiger partial charge in [-0.2, -0.15) is 5.10 Å². The number of carboxylic acid groups (broad SMARTS) is 1. The molecule has 1 amide bonds. The van der Waals surface area contributed by atoms with Crippen molar-refractivity contribution in [2.75, 3.05) is 13.1 Å². The van der Waals surface area contributed by atoms with Crippen molar-refractivity contribution in [3.63, 3.8) is 0 Å². The monoisotopic (exact) mass is 319 g/mol. The molecule has 0 bridgehead atoms. The Morgan fingerprint density at radius 2 is 1.91 bits per heavy atom. The number of amides is 1. The molecule has 0 radical (unpaired) electrons. The van der Waals surface area contributed by atoms with Gasteiger partial charge in [0.15, 0.2) is 0 Å². The number of carbonyl (C=O) groups is 1. The van der Waals surface area contributed by atoms with Crippen LogP contribution in [0.3, 0.4) is 0 Å². The van der Waals surface area contributed by atoms with E-state index in [2.05, 4.69) is 6.07 Å². The lowest BCUT2D eigenvalue weighted by Gasteiger charge is -2.28. The van der Waals surface area contributed by atoms with E-state index in [0.717, 1.165) is 29.9 Å². The second-order valence-corrected chi connectivity index (χ2v) is 6.08. The van der Waals surface area contributed by atoms with Crippen molar-refractivity contribution in [2.45, 2.75) is 25.7 Å². The summed E-state index contributed by atoms with van der Waals surface area (Å²) in [5.41, 5.74) is 3.09. The first kappa shape index (κ1) is 14.9. The average Bonchev–Trinajstić information content (AvgIpc) is 2.90. The van der Waals surface area contributed by atoms with E-state index in [1.54, 1.807) is 0 Å². The van der Waals surface area contributed by atoms with Crippen molar-refractivity contribution in [1.82, 2.24) is 14.7 Å². The van der Waals surface area contributed by atoms with Crippen molar-refractivity contribution in [3.8, 4) is 5.69 Å². The smallest absolute Gasteiger partial charge is 0.407 e. The Morgan fingerprint density at radius 1 is 1.27 bits per heavy atom. The maximum absolute atomic E-state index is 11.0. The number of rotatable bonds is 2. The number of hydrogen-bond donors (Lipinski definition) is 1. The first-order chi connectivity index (χ1) is 10.5. The number of benzene rings is 1. The Kier molecular flexibility index (Phi) is 4.07. The molecule has 6 heteroatoms. The molecule has 1 N–H and O–H groups in total. The standard InChI is InChI=1S/C16H18ClN3O2/c1-11-10-15(12-6-8-19(9-7-12)16(21)22)18-20(11)14-4-2-13(17)3-5-14/h2-5,10,12H,6-9H2,1H3,(H,21,22). The summed E-state index contributed by atoms with van der Waals surface area (Å²) in [6.45, 7) is 3.18. The molecule has 1 aromatic carbocycles. The first-order valence-electron chi connectivity index (χ1n) is 7.35. The van der Waals surface area contributed by atoms with E-state index in [4.69, 9.17) is 21.8 Å². The summed E-state index contributed by atoms with van der Waals surface area (Å²) in [7, 11) is 0. The van der Waals surface area contributed by atoms with E-state index in [-0.39, 0.29) is 0 Å². The number of nitrogens with zero attached hydrogens (tertiary/aromatic N) is 3. The lowest BCUT2D eigenvalue weighted by atomic mass is 9.94. The fourth-order valence-electron chi connectivity index (χ4n) is 2.91. The van der Waals surface area contributed by atoms with Crippen molar-refractivity contribution >= 4 is 17.7 Å². The van der Waals surface area contributed by atoms with Crippen LogP contribution in [0.1, 0.15) is 30.1 Å². The van der Waals surface area contributed by atoms with E-state index < -0.39 is 6.09 Å². The van der Waals surface area contributed by atoms with Crippen molar-refractivity contribution in [3.05, 3.63) is 46.7 Å². The molecule has 5 nitrogen and oxygen atoms in total. The van der Waals surface area contributed by atoms with E-state index in [9.17, 15) is 4.79 Å². The molecule has 0 atom stereocenters. The molecule has 0 saturated carbocycles. The van der Waals surface area contributed by atoms with Gasteiger partial charge in [-0.3, -0.25) is 0 Å². The van der Waals surface area contributed by atoms with E-state index in [1.165, 1.54) is 4.90 Å². The van der Waals surface area contributed by atoms with Gasteiger partial charge in [-0.1, -0.05) is 11.6 Å². The van der Waals surface area contributed by atoms with Crippen LogP contribution in [0.5, 0.6) is 0 Å². The fourth-order valence-corrected chi connectivity index (χ4v) is 3.03. The van der Waals surface area contributed by atoms with Gasteiger partial charge in [-0.05, 0) is 50.1 Å². The van der Waals surface area contributed by atoms with Crippen LogP contribution < -0.4 is 0 Å². The highest BCUT2D eigenvalue weighted by Gasteiger charge is 2.25. The van der Waals surface area contributed by atoms with Gasteiger partial charge in [0.2, 0.25) is 0 Å². The Balaban J connectivity index is 1.78. The molecule has 1 fully saturated rings. The maximum atomic E-state index is 11.0. The summed E-state index contributed by atoms with van der Waals surface area (Å²) >= 11 is 5.92. The van der Waals surface area contributed by atoms with Crippen LogP contribution in [0.4, 0.5) is 4.79 Å². The molecule has 1 aliphatic heterocycles. The molecule has 1 aliphatic rings. The van der Waals surface area contributed by atoms with Crippen molar-refractivity contribution in [1.29, 1.82) is 0 Å². The average molecular weight is 320 g/mol. The zero-order chi connectivity index (χ0) is 15.7. The van der Waals surface area contributed by atoms with E-state index >= 15 is 0 Å². The van der Waals surface area contributed by atoms with Gasteiger partial charge in [-0.25, -0.2) is 9.48 Å². The van der Waals surface area contributed by atoms with Gasteiger partial charge < -0.3 is 10.0 Å². The van der Waals surface area contributed by atoms with Gasteiger partial charge >= 0.3 is 6.09 Å². The summed E-state index contributed by atoms with van der Waals surface area (Å²) in [5, 5.41) is 14.4. The molecule has 2 aromatic rings. The number of halogens is 1. The van der Waals surface area contributed by atoms with Crippen LogP contribution in [0, 0.1) is 6.92 Å². The predicted molar refractivity (Wildman–Crippen MR) is 84.9 cm³/mol. The van der Waals surface area contributed by atoms with Gasteiger partial charge in [0.05, 0.1) is 11.4 Å². The number of likely N-dealkylation sites (tertiary alicyclic amines) is 1. The Labute approximate surface area is 134 Å². The SMILES string of the molecule is Cc1cc(C2CCN(C(=O)O)CC2)nn1-c1ccc(Cl)cc1. The Morgan fingerprint density at radius 3 is 2.50 bits per heavy atom. The number of aromatic nitrogens is 2. The molecular weight excluding hydrogens is 302 g/mol. The van der Waals surface area contributed by atoms with Gasteiger partial charge in [0.25, 0.3) is 0 Å². The Bertz CT molecular complexity index is 673. The highest BCUT2D eigenvalue weighted by Crippen LogP contribution is 2.28. The van der Waals surface area contributed by atoms with Crippen LogP contribution in [0.15, 0.2) is 30.3 Å². The lowest BCUT2D eigenvalue weighted by Crippen LogP contribution is -2.36. The van der Waals surface area contributed by atoms with Crippen LogP contribution >= 0.6 is 11.6 Å². The van der Waals surface area contributed by atoms with Crippen LogP contribution in [-0.2, 0) is 0 Å². The van der Waals surface area contributed by atoms with Gasteiger partial charge in [0, 0.05) is 29.7 Å². The quantitative estimate of drug-likeness (QED) is 0.918. The molecule has 0 unspecified atom stereocenters. The summed E-state index contributed by atoms with van der Waals surface area (Å²) in [6, 6.07) is 9.68. The zero-order valence-corrected chi connectivity index (χ0v) is 13.1. The highest BCUT2D eigenvalue weighted by molar-refractivity contribution is 6.30. The van der Waals surface area contributed by atoms with Crippen molar-refractivity contribution in [2.24, 2.45) is 0 Å². The van der Waals surface area contributed by atoms with Gasteiger partial charge in [-0.15, -0.1) is 0 Å². The van der Waals surface area contributed by atoms with E-state index in [1.807, 2.05) is 35.9 Å². The number of hydrogen-bond acceptors (Lipinski definition) is 2. The number of aryl methyl sites for hydroxylation is 1. The summed E-state index contributed by atoms with van der Waals surface area (Å²) < 4.78 is 1.91. The minimum Gasteiger partial charge on any atom is -0.465 e. The fraction of sp³-hybridized carbons (Fsp3) is 0.375. The molecule has 2 heterocycles. The van der Waals surface area contributed by atoms with Crippen LogP contribution in [0.25, 0.3) is 5.69 Å². The summed E-state index contributed by atoms with van der Waals surface area (Å²) in [4.78, 5) is 12.4. The highest BCUT2D eigenvalue weighted by atomic mass is 35.5. The maximum Gasteiger partial charge on any atom is 0.407 e. The second-order valence-electron chi connectivity index (χ2n) is 5.64. The van der Waals surface area contributed by atoms with Crippen molar-refractivity contribution < 1.29 is 9.90 Å². The largest absolute Gasteiger partial charge is 0.465 e. The summed E-state index contributed by atoms with van der Waals surface area (Å²) in [5.74, 6) is 0.322. The molecule has 3 rings (SSSR count). The zero-order valence-electron chi connectivity index (χ0n) is 12.4. The van der Waals surface area contributed by atoms with Crippen LogP contribution in [-0.4, -0.2) is 39.0 Å². The number of piperidine rings is 1. The third-order valence-electron chi connectivity index (χ3n) is 4.16. The second kappa shape index (κ2) is 6.01. The molecule has 1 aromatic heterocycles. The molecule has 116 valence electrons. The minimum atomic E-state index is -0.832. The first-order valence-corrected chi connectivity index (χ1v) is 7.73. The normalized spacial score (nSPS) is 16.0. The third kappa shape index (κ3) is 2.95. The predicted octanol–water partition coefficient (Wildman–Crippen LogP) is 3.69. The molecule has 22 heavy (non-hydrogen) atoms. The summed E-state index contributed by atoms with van der Waals surface area (Å²) in [6.07, 6.45) is 0.813. The lowest BCUT2D eigenvalue weighted by molar-refractivity contribution is 0.131. The van der Waals surface area contributed by atoms with Gasteiger partial charge in [0.1, 0.15) is 0 Å².